The monoisotopic (exact) mass is 245 g/mol. The van der Waals surface area contributed by atoms with Crippen molar-refractivity contribution in [2.45, 2.75) is 26.3 Å². The molecule has 2 aromatic rings. The van der Waals surface area contributed by atoms with E-state index in [9.17, 15) is 0 Å². The van der Waals surface area contributed by atoms with Gasteiger partial charge in [0.15, 0.2) is 0 Å². The summed E-state index contributed by atoms with van der Waals surface area (Å²) in [5.41, 5.74) is 9.90. The maximum atomic E-state index is 5.69. The Kier molecular flexibility index (Phi) is 3.67. The van der Waals surface area contributed by atoms with Crippen LogP contribution in [0.3, 0.4) is 0 Å². The second-order valence-corrected chi connectivity index (χ2v) is 4.58. The highest BCUT2D eigenvalue weighted by Crippen LogP contribution is 2.33. The Hall–Kier alpha value is -1.81. The fourth-order valence-corrected chi connectivity index (χ4v) is 1.99. The van der Waals surface area contributed by atoms with Gasteiger partial charge in [0.25, 0.3) is 0 Å². The highest BCUT2D eigenvalue weighted by atomic mass is 16.5. The van der Waals surface area contributed by atoms with Crippen LogP contribution in [0.4, 0.5) is 0 Å². The molecule has 4 heteroatoms. The number of aromatic nitrogens is 2. The van der Waals surface area contributed by atoms with E-state index in [1.54, 1.807) is 13.3 Å². The molecule has 0 fully saturated rings. The number of aromatic amines is 1. The number of rotatable bonds is 4. The third-order valence-corrected chi connectivity index (χ3v) is 3.10. The lowest BCUT2D eigenvalue weighted by molar-refractivity contribution is 0.415. The van der Waals surface area contributed by atoms with Crippen LogP contribution in [-0.4, -0.2) is 17.3 Å². The molecule has 1 aromatic heterocycles. The molecule has 0 unspecified atom stereocenters. The van der Waals surface area contributed by atoms with Gasteiger partial charge in [0.05, 0.1) is 19.0 Å². The van der Waals surface area contributed by atoms with E-state index in [4.69, 9.17) is 10.5 Å². The number of hydrogen-bond acceptors (Lipinski definition) is 3. The Balaban J connectivity index is 2.51. The molecular weight excluding hydrogens is 226 g/mol. The Bertz CT molecular complexity index is 532. The summed E-state index contributed by atoms with van der Waals surface area (Å²) < 4.78 is 5.48. The summed E-state index contributed by atoms with van der Waals surface area (Å²) in [6.45, 7) is 4.76. The van der Waals surface area contributed by atoms with Crippen molar-refractivity contribution in [1.82, 2.24) is 10.2 Å². The van der Waals surface area contributed by atoms with Crippen LogP contribution < -0.4 is 10.5 Å². The zero-order chi connectivity index (χ0) is 13.1. The van der Waals surface area contributed by atoms with Gasteiger partial charge in [0.1, 0.15) is 5.75 Å². The molecule has 0 atom stereocenters. The molecule has 0 aliphatic heterocycles. The Morgan fingerprint density at radius 3 is 2.72 bits per heavy atom. The lowest BCUT2D eigenvalue weighted by atomic mass is 9.98. The summed E-state index contributed by atoms with van der Waals surface area (Å²) in [7, 11) is 1.69. The van der Waals surface area contributed by atoms with Crippen molar-refractivity contribution in [2.75, 3.05) is 7.11 Å². The van der Waals surface area contributed by atoms with Crippen molar-refractivity contribution in [1.29, 1.82) is 0 Å². The maximum absolute atomic E-state index is 5.69. The number of nitrogens with zero attached hydrogens (tertiary/aromatic N) is 1. The maximum Gasteiger partial charge on any atom is 0.127 e. The minimum absolute atomic E-state index is 0.435. The summed E-state index contributed by atoms with van der Waals surface area (Å²) in [6, 6.07) is 6.27. The van der Waals surface area contributed by atoms with E-state index < -0.39 is 0 Å². The van der Waals surface area contributed by atoms with Gasteiger partial charge in [0.2, 0.25) is 0 Å². The molecule has 0 radical (unpaired) electrons. The van der Waals surface area contributed by atoms with E-state index >= 15 is 0 Å². The average Bonchev–Trinajstić information content (AvgIpc) is 2.85. The number of benzene rings is 1. The van der Waals surface area contributed by atoms with E-state index in [0.29, 0.717) is 12.5 Å². The van der Waals surface area contributed by atoms with Crippen LogP contribution in [-0.2, 0) is 6.54 Å². The third kappa shape index (κ3) is 2.24. The van der Waals surface area contributed by atoms with Crippen molar-refractivity contribution < 1.29 is 4.74 Å². The topological polar surface area (TPSA) is 63.9 Å². The molecule has 1 heterocycles. The summed E-state index contributed by atoms with van der Waals surface area (Å²) in [4.78, 5) is 0. The Morgan fingerprint density at radius 2 is 2.11 bits per heavy atom. The molecule has 0 saturated heterocycles. The highest BCUT2D eigenvalue weighted by molar-refractivity contribution is 5.72. The fraction of sp³-hybridized carbons (Fsp3) is 0.357. The molecule has 4 nitrogen and oxygen atoms in total. The number of hydrogen-bond donors (Lipinski definition) is 2. The van der Waals surface area contributed by atoms with Gasteiger partial charge in [-0.3, -0.25) is 5.10 Å². The second-order valence-electron chi connectivity index (χ2n) is 4.58. The van der Waals surface area contributed by atoms with Crippen molar-refractivity contribution >= 4 is 0 Å². The zero-order valence-corrected chi connectivity index (χ0v) is 11.0. The molecule has 0 aliphatic rings. The fourth-order valence-electron chi connectivity index (χ4n) is 1.99. The quantitative estimate of drug-likeness (QED) is 0.870. The summed E-state index contributed by atoms with van der Waals surface area (Å²) in [6.07, 6.45) is 1.79. The SMILES string of the molecule is COc1cc(C(C)C)ccc1-c1cn[nH]c1CN. The first-order chi connectivity index (χ1) is 8.67. The number of nitrogens with two attached hydrogens (primary N) is 1. The number of H-pyrrole nitrogens is 1. The van der Waals surface area contributed by atoms with Crippen LogP contribution >= 0.6 is 0 Å². The first-order valence-electron chi connectivity index (χ1n) is 6.08. The van der Waals surface area contributed by atoms with Gasteiger partial charge in [-0.25, -0.2) is 0 Å². The smallest absolute Gasteiger partial charge is 0.127 e. The molecule has 0 amide bonds. The molecule has 0 aliphatic carbocycles. The molecule has 0 bridgehead atoms. The van der Waals surface area contributed by atoms with Gasteiger partial charge in [0, 0.05) is 17.7 Å². The van der Waals surface area contributed by atoms with E-state index in [2.05, 4.69) is 42.2 Å². The van der Waals surface area contributed by atoms with Crippen molar-refractivity contribution in [3.63, 3.8) is 0 Å². The van der Waals surface area contributed by atoms with Gasteiger partial charge in [-0.15, -0.1) is 0 Å². The third-order valence-electron chi connectivity index (χ3n) is 3.10. The van der Waals surface area contributed by atoms with Crippen molar-refractivity contribution in [3.05, 3.63) is 35.7 Å². The largest absolute Gasteiger partial charge is 0.496 e. The zero-order valence-electron chi connectivity index (χ0n) is 11.0. The highest BCUT2D eigenvalue weighted by Gasteiger charge is 2.13. The lowest BCUT2D eigenvalue weighted by Gasteiger charge is -2.12. The van der Waals surface area contributed by atoms with Crippen LogP contribution in [0.5, 0.6) is 5.75 Å². The van der Waals surface area contributed by atoms with Gasteiger partial charge >= 0.3 is 0 Å². The summed E-state index contributed by atoms with van der Waals surface area (Å²) in [5.74, 6) is 1.34. The summed E-state index contributed by atoms with van der Waals surface area (Å²) in [5, 5.41) is 6.95. The normalized spacial score (nSPS) is 10.9. The number of ether oxygens (including phenoxy) is 1. The van der Waals surface area contributed by atoms with Crippen LogP contribution in [0.15, 0.2) is 24.4 Å². The van der Waals surface area contributed by atoms with Gasteiger partial charge < -0.3 is 10.5 Å². The molecule has 0 saturated carbocycles. The van der Waals surface area contributed by atoms with Crippen LogP contribution in [0, 0.1) is 0 Å². The van der Waals surface area contributed by atoms with Gasteiger partial charge in [-0.05, 0) is 17.5 Å². The molecular formula is C14H19N3O. The number of methoxy groups -OCH3 is 1. The van der Waals surface area contributed by atoms with E-state index in [1.807, 2.05) is 0 Å². The predicted molar refractivity (Wildman–Crippen MR) is 72.6 cm³/mol. The molecule has 3 N–H and O–H groups in total. The lowest BCUT2D eigenvalue weighted by Crippen LogP contribution is -1.99. The minimum atomic E-state index is 0.435. The first kappa shape index (κ1) is 12.6. The van der Waals surface area contributed by atoms with Crippen LogP contribution in [0.25, 0.3) is 11.1 Å². The molecule has 96 valence electrons. The van der Waals surface area contributed by atoms with E-state index in [0.717, 1.165) is 22.6 Å². The standard InChI is InChI=1S/C14H19N3O/c1-9(2)10-4-5-11(14(6-10)18-3)12-8-16-17-13(12)7-15/h4-6,8-9H,7,15H2,1-3H3,(H,16,17). The van der Waals surface area contributed by atoms with Crippen LogP contribution in [0.1, 0.15) is 31.0 Å². The Morgan fingerprint density at radius 1 is 1.33 bits per heavy atom. The van der Waals surface area contributed by atoms with E-state index in [1.165, 1.54) is 5.56 Å². The van der Waals surface area contributed by atoms with Crippen molar-refractivity contribution in [2.24, 2.45) is 5.73 Å². The average molecular weight is 245 g/mol. The number of nitrogens with one attached hydrogen (secondary N) is 1. The first-order valence-corrected chi connectivity index (χ1v) is 6.08. The molecule has 1 aromatic carbocycles. The Labute approximate surface area is 107 Å². The summed E-state index contributed by atoms with van der Waals surface area (Å²) >= 11 is 0. The molecule has 2 rings (SSSR count). The molecule has 18 heavy (non-hydrogen) atoms. The second kappa shape index (κ2) is 5.23. The van der Waals surface area contributed by atoms with Crippen LogP contribution in [0.2, 0.25) is 0 Å². The predicted octanol–water partition coefficient (Wildman–Crippen LogP) is 2.67. The van der Waals surface area contributed by atoms with Gasteiger partial charge in [-0.2, -0.15) is 5.10 Å². The minimum Gasteiger partial charge on any atom is -0.496 e. The molecule has 0 spiro atoms. The van der Waals surface area contributed by atoms with Crippen molar-refractivity contribution in [3.8, 4) is 16.9 Å². The van der Waals surface area contributed by atoms with Gasteiger partial charge in [-0.1, -0.05) is 26.0 Å². The van der Waals surface area contributed by atoms with E-state index in [-0.39, 0.29) is 0 Å².